The predicted octanol–water partition coefficient (Wildman–Crippen LogP) is 1.81. The lowest BCUT2D eigenvalue weighted by Gasteiger charge is -2.30. The molecule has 2 heterocycles. The van der Waals surface area contributed by atoms with Crippen molar-refractivity contribution in [2.75, 3.05) is 18.0 Å². The predicted molar refractivity (Wildman–Crippen MR) is 59.4 cm³/mol. The van der Waals surface area contributed by atoms with Gasteiger partial charge >= 0.3 is 0 Å². The Morgan fingerprint density at radius 2 is 2.14 bits per heavy atom. The van der Waals surface area contributed by atoms with Gasteiger partial charge in [0, 0.05) is 23.8 Å². The van der Waals surface area contributed by atoms with E-state index in [1.807, 2.05) is 12.1 Å². The molecule has 76 valence electrons. The van der Waals surface area contributed by atoms with Gasteiger partial charge in [0.25, 0.3) is 0 Å². The Morgan fingerprint density at radius 1 is 1.43 bits per heavy atom. The van der Waals surface area contributed by atoms with Crippen molar-refractivity contribution in [3.8, 4) is 0 Å². The van der Waals surface area contributed by atoms with E-state index in [1.54, 1.807) is 6.20 Å². The van der Waals surface area contributed by atoms with Crippen molar-refractivity contribution < 1.29 is 5.11 Å². The van der Waals surface area contributed by atoms with Crippen LogP contribution in [0.15, 0.2) is 22.8 Å². The van der Waals surface area contributed by atoms with Crippen LogP contribution in [0, 0.1) is 0 Å². The number of hydrogen-bond donors (Lipinski definition) is 1. The number of aliphatic hydroxyl groups excluding tert-OH is 1. The third-order valence-corrected chi connectivity index (χ3v) is 2.99. The minimum atomic E-state index is -0.126. The van der Waals surface area contributed by atoms with E-state index in [0.29, 0.717) is 0 Å². The number of nitrogens with zero attached hydrogens (tertiary/aromatic N) is 2. The summed E-state index contributed by atoms with van der Waals surface area (Å²) in [7, 11) is 0. The average Bonchev–Trinajstić information content (AvgIpc) is 2.19. The van der Waals surface area contributed by atoms with Crippen LogP contribution in [0.1, 0.15) is 12.8 Å². The van der Waals surface area contributed by atoms with E-state index in [1.165, 1.54) is 0 Å². The molecule has 3 nitrogen and oxygen atoms in total. The maximum absolute atomic E-state index is 9.37. The third-order valence-electron chi connectivity index (χ3n) is 2.50. The van der Waals surface area contributed by atoms with Crippen LogP contribution in [-0.2, 0) is 0 Å². The maximum Gasteiger partial charge on any atom is 0.129 e. The van der Waals surface area contributed by atoms with E-state index in [2.05, 4.69) is 25.8 Å². The second kappa shape index (κ2) is 4.28. The van der Waals surface area contributed by atoms with E-state index in [-0.39, 0.29) is 6.10 Å². The number of pyridine rings is 1. The zero-order chi connectivity index (χ0) is 9.97. The van der Waals surface area contributed by atoms with E-state index < -0.39 is 0 Å². The van der Waals surface area contributed by atoms with Gasteiger partial charge in [0.05, 0.1) is 6.10 Å². The highest BCUT2D eigenvalue weighted by atomic mass is 79.9. The minimum absolute atomic E-state index is 0.126. The quantitative estimate of drug-likeness (QED) is 0.833. The molecule has 0 atom stereocenters. The third kappa shape index (κ3) is 2.25. The molecular weight excluding hydrogens is 244 g/mol. The Balaban J connectivity index is 2.08. The fourth-order valence-electron chi connectivity index (χ4n) is 1.66. The van der Waals surface area contributed by atoms with E-state index in [4.69, 9.17) is 0 Å². The molecule has 0 aromatic carbocycles. The summed E-state index contributed by atoms with van der Waals surface area (Å²) >= 11 is 3.42. The number of aromatic nitrogens is 1. The first kappa shape index (κ1) is 9.93. The number of piperidine rings is 1. The Labute approximate surface area is 91.9 Å². The van der Waals surface area contributed by atoms with Crippen molar-refractivity contribution in [2.24, 2.45) is 0 Å². The van der Waals surface area contributed by atoms with Gasteiger partial charge in [-0.1, -0.05) is 15.9 Å². The van der Waals surface area contributed by atoms with Crippen LogP contribution in [-0.4, -0.2) is 29.3 Å². The van der Waals surface area contributed by atoms with Gasteiger partial charge in [-0.2, -0.15) is 0 Å². The van der Waals surface area contributed by atoms with Gasteiger partial charge in [-0.05, 0) is 25.0 Å². The molecule has 1 aliphatic rings. The van der Waals surface area contributed by atoms with Crippen LogP contribution in [0.2, 0.25) is 0 Å². The zero-order valence-electron chi connectivity index (χ0n) is 7.86. The van der Waals surface area contributed by atoms with Gasteiger partial charge in [0.1, 0.15) is 5.82 Å². The molecular formula is C10H13BrN2O. The number of anilines is 1. The summed E-state index contributed by atoms with van der Waals surface area (Å²) < 4.78 is 1.05. The standard InChI is InChI=1S/C10H13BrN2O/c11-8-1-4-12-10(7-8)13-5-2-9(14)3-6-13/h1,4,7,9,14H,2-3,5-6H2. The lowest BCUT2D eigenvalue weighted by molar-refractivity contribution is 0.145. The van der Waals surface area contributed by atoms with Crippen LogP contribution < -0.4 is 4.90 Å². The number of halogens is 1. The van der Waals surface area contributed by atoms with E-state index in [0.717, 1.165) is 36.2 Å². The first-order valence-electron chi connectivity index (χ1n) is 4.80. The number of rotatable bonds is 1. The summed E-state index contributed by atoms with van der Waals surface area (Å²) in [6.45, 7) is 1.79. The molecule has 1 N–H and O–H groups in total. The lowest BCUT2D eigenvalue weighted by atomic mass is 10.1. The molecule has 2 rings (SSSR count). The van der Waals surface area contributed by atoms with Crippen LogP contribution in [0.4, 0.5) is 5.82 Å². The molecule has 1 aromatic heterocycles. The molecule has 0 aliphatic carbocycles. The summed E-state index contributed by atoms with van der Waals surface area (Å²) in [5.74, 6) is 0.992. The first-order valence-corrected chi connectivity index (χ1v) is 5.59. The molecule has 1 aliphatic heterocycles. The fourth-order valence-corrected chi connectivity index (χ4v) is 1.98. The molecule has 0 bridgehead atoms. The van der Waals surface area contributed by atoms with Crippen LogP contribution in [0.5, 0.6) is 0 Å². The molecule has 0 spiro atoms. The molecule has 0 radical (unpaired) electrons. The number of hydrogen-bond acceptors (Lipinski definition) is 3. The van der Waals surface area contributed by atoms with E-state index in [9.17, 15) is 5.11 Å². The van der Waals surface area contributed by atoms with E-state index >= 15 is 0 Å². The maximum atomic E-state index is 9.37. The highest BCUT2D eigenvalue weighted by molar-refractivity contribution is 9.10. The van der Waals surface area contributed by atoms with Crippen molar-refractivity contribution in [1.29, 1.82) is 0 Å². The topological polar surface area (TPSA) is 36.4 Å². The minimum Gasteiger partial charge on any atom is -0.393 e. The van der Waals surface area contributed by atoms with Crippen molar-refractivity contribution in [2.45, 2.75) is 18.9 Å². The Hall–Kier alpha value is -0.610. The molecule has 1 fully saturated rings. The summed E-state index contributed by atoms with van der Waals surface area (Å²) in [5.41, 5.74) is 0. The fraction of sp³-hybridized carbons (Fsp3) is 0.500. The van der Waals surface area contributed by atoms with Crippen molar-refractivity contribution >= 4 is 21.7 Å². The highest BCUT2D eigenvalue weighted by Gasteiger charge is 2.17. The van der Waals surface area contributed by atoms with Gasteiger partial charge in [-0.15, -0.1) is 0 Å². The zero-order valence-corrected chi connectivity index (χ0v) is 9.44. The highest BCUT2D eigenvalue weighted by Crippen LogP contribution is 2.20. The largest absolute Gasteiger partial charge is 0.393 e. The summed E-state index contributed by atoms with van der Waals surface area (Å²) in [5, 5.41) is 9.37. The van der Waals surface area contributed by atoms with Crippen LogP contribution in [0.3, 0.4) is 0 Å². The summed E-state index contributed by atoms with van der Waals surface area (Å²) in [6.07, 6.45) is 3.35. The van der Waals surface area contributed by atoms with Gasteiger partial charge in [0.15, 0.2) is 0 Å². The molecule has 1 aromatic rings. The Kier molecular flexibility index (Phi) is 3.03. The van der Waals surface area contributed by atoms with Crippen LogP contribution in [0.25, 0.3) is 0 Å². The van der Waals surface area contributed by atoms with Gasteiger partial charge in [0.2, 0.25) is 0 Å². The lowest BCUT2D eigenvalue weighted by Crippen LogP contribution is -2.36. The molecule has 14 heavy (non-hydrogen) atoms. The smallest absolute Gasteiger partial charge is 0.129 e. The Morgan fingerprint density at radius 3 is 2.79 bits per heavy atom. The summed E-state index contributed by atoms with van der Waals surface area (Å²) in [6, 6.07) is 3.93. The monoisotopic (exact) mass is 256 g/mol. The summed E-state index contributed by atoms with van der Waals surface area (Å²) in [4.78, 5) is 6.51. The Bertz CT molecular complexity index is 311. The molecule has 0 saturated carbocycles. The molecule has 0 unspecified atom stereocenters. The van der Waals surface area contributed by atoms with Crippen LogP contribution >= 0.6 is 15.9 Å². The van der Waals surface area contributed by atoms with Crippen molar-refractivity contribution in [1.82, 2.24) is 4.98 Å². The average molecular weight is 257 g/mol. The molecule has 0 amide bonds. The number of aliphatic hydroxyl groups is 1. The van der Waals surface area contributed by atoms with Gasteiger partial charge in [-0.3, -0.25) is 0 Å². The van der Waals surface area contributed by atoms with Crippen molar-refractivity contribution in [3.63, 3.8) is 0 Å². The molecule has 1 saturated heterocycles. The molecule has 4 heteroatoms. The van der Waals surface area contributed by atoms with Crippen molar-refractivity contribution in [3.05, 3.63) is 22.8 Å². The van der Waals surface area contributed by atoms with Gasteiger partial charge in [-0.25, -0.2) is 4.98 Å². The second-order valence-electron chi connectivity index (χ2n) is 3.55. The SMILES string of the molecule is OC1CCN(c2cc(Br)ccn2)CC1. The van der Waals surface area contributed by atoms with Gasteiger partial charge < -0.3 is 10.0 Å². The normalized spacial score (nSPS) is 18.6. The first-order chi connectivity index (χ1) is 6.75. The second-order valence-corrected chi connectivity index (χ2v) is 4.47.